The second-order valence-corrected chi connectivity index (χ2v) is 4.25. The fourth-order valence-corrected chi connectivity index (χ4v) is 2.04. The summed E-state index contributed by atoms with van der Waals surface area (Å²) in [5.74, 6) is -0.0240. The maximum atomic E-state index is 12.4. The van der Waals surface area contributed by atoms with Crippen LogP contribution < -0.4 is 0 Å². The van der Waals surface area contributed by atoms with Gasteiger partial charge in [0.1, 0.15) is 0 Å². The lowest BCUT2D eigenvalue weighted by molar-refractivity contribution is 0.0766. The van der Waals surface area contributed by atoms with Crippen LogP contribution in [0.1, 0.15) is 53.5 Å². The lowest BCUT2D eigenvalue weighted by Crippen LogP contribution is -2.32. The molecule has 0 fully saturated rings. The topological polar surface area (TPSA) is 37.4 Å². The highest BCUT2D eigenvalue weighted by Gasteiger charge is 2.21. The Bertz CT molecular complexity index is 448. The van der Waals surface area contributed by atoms with Gasteiger partial charge < -0.3 is 4.90 Å². The standard InChI is InChI=1S/C15H21NO2/c1-5-13(17)12-10-8-9-11(4)14(12)15(18)16(6-2)7-3/h8-10H,5-7H2,1-4H3. The van der Waals surface area contributed by atoms with Crippen molar-refractivity contribution in [2.45, 2.75) is 34.1 Å². The molecule has 0 aliphatic heterocycles. The Morgan fingerprint density at radius 1 is 1.11 bits per heavy atom. The lowest BCUT2D eigenvalue weighted by atomic mass is 9.96. The van der Waals surface area contributed by atoms with E-state index < -0.39 is 0 Å². The number of aryl methyl sites for hydroxylation is 1. The van der Waals surface area contributed by atoms with Crippen LogP contribution in [-0.2, 0) is 0 Å². The van der Waals surface area contributed by atoms with Gasteiger partial charge in [-0.05, 0) is 26.3 Å². The first kappa shape index (κ1) is 14.4. The van der Waals surface area contributed by atoms with Crippen molar-refractivity contribution < 1.29 is 9.59 Å². The Morgan fingerprint density at radius 2 is 1.72 bits per heavy atom. The van der Waals surface area contributed by atoms with E-state index >= 15 is 0 Å². The molecule has 0 saturated heterocycles. The van der Waals surface area contributed by atoms with Crippen LogP contribution in [0.5, 0.6) is 0 Å². The normalized spacial score (nSPS) is 10.2. The van der Waals surface area contributed by atoms with Crippen molar-refractivity contribution in [3.8, 4) is 0 Å². The smallest absolute Gasteiger partial charge is 0.254 e. The van der Waals surface area contributed by atoms with E-state index in [4.69, 9.17) is 0 Å². The van der Waals surface area contributed by atoms with Gasteiger partial charge in [0.2, 0.25) is 0 Å². The Hall–Kier alpha value is -1.64. The van der Waals surface area contributed by atoms with E-state index in [1.165, 1.54) is 0 Å². The fraction of sp³-hybridized carbons (Fsp3) is 0.467. The number of hydrogen-bond donors (Lipinski definition) is 0. The van der Waals surface area contributed by atoms with E-state index in [0.717, 1.165) is 5.56 Å². The zero-order valence-electron chi connectivity index (χ0n) is 11.6. The highest BCUT2D eigenvalue weighted by molar-refractivity contribution is 6.08. The summed E-state index contributed by atoms with van der Waals surface area (Å²) in [6, 6.07) is 5.45. The van der Waals surface area contributed by atoms with Gasteiger partial charge in [0.05, 0.1) is 5.56 Å². The van der Waals surface area contributed by atoms with Crippen LogP contribution >= 0.6 is 0 Å². The van der Waals surface area contributed by atoms with Crippen molar-refractivity contribution in [2.24, 2.45) is 0 Å². The summed E-state index contributed by atoms with van der Waals surface area (Å²) >= 11 is 0. The molecule has 0 atom stereocenters. The van der Waals surface area contributed by atoms with E-state index in [9.17, 15) is 9.59 Å². The highest BCUT2D eigenvalue weighted by Crippen LogP contribution is 2.18. The summed E-state index contributed by atoms with van der Waals surface area (Å²) in [6.45, 7) is 8.90. The van der Waals surface area contributed by atoms with Crippen molar-refractivity contribution in [3.05, 3.63) is 34.9 Å². The average Bonchev–Trinajstić information content (AvgIpc) is 2.38. The molecule has 98 valence electrons. The Morgan fingerprint density at radius 3 is 2.22 bits per heavy atom. The van der Waals surface area contributed by atoms with Crippen LogP contribution in [-0.4, -0.2) is 29.7 Å². The van der Waals surface area contributed by atoms with Crippen molar-refractivity contribution in [2.75, 3.05) is 13.1 Å². The van der Waals surface area contributed by atoms with E-state index in [0.29, 0.717) is 30.6 Å². The molecule has 3 heteroatoms. The van der Waals surface area contributed by atoms with E-state index in [1.54, 1.807) is 11.0 Å². The van der Waals surface area contributed by atoms with Gasteiger partial charge in [-0.2, -0.15) is 0 Å². The molecule has 0 aliphatic rings. The van der Waals surface area contributed by atoms with Crippen LogP contribution in [0.15, 0.2) is 18.2 Å². The number of amides is 1. The molecule has 0 aromatic heterocycles. The minimum absolute atomic E-state index is 0.0224. The maximum Gasteiger partial charge on any atom is 0.254 e. The predicted molar refractivity (Wildman–Crippen MR) is 73.1 cm³/mol. The van der Waals surface area contributed by atoms with Crippen molar-refractivity contribution >= 4 is 11.7 Å². The first-order valence-corrected chi connectivity index (χ1v) is 6.48. The summed E-state index contributed by atoms with van der Waals surface area (Å²) in [7, 11) is 0. The molecule has 0 heterocycles. The summed E-state index contributed by atoms with van der Waals surface area (Å²) in [4.78, 5) is 26.1. The van der Waals surface area contributed by atoms with Crippen LogP contribution in [0.25, 0.3) is 0 Å². The summed E-state index contributed by atoms with van der Waals surface area (Å²) in [5.41, 5.74) is 1.98. The first-order chi connectivity index (χ1) is 8.56. The lowest BCUT2D eigenvalue weighted by Gasteiger charge is -2.21. The molecule has 0 N–H and O–H groups in total. The van der Waals surface area contributed by atoms with Crippen LogP contribution in [0, 0.1) is 6.92 Å². The van der Waals surface area contributed by atoms with Gasteiger partial charge in [0.25, 0.3) is 5.91 Å². The number of rotatable bonds is 5. The number of benzene rings is 1. The molecule has 0 radical (unpaired) electrons. The molecule has 0 spiro atoms. The van der Waals surface area contributed by atoms with Gasteiger partial charge in [0, 0.05) is 25.1 Å². The minimum atomic E-state index is -0.0464. The number of Topliss-reactive ketones (excluding diaryl/α,β-unsaturated/α-hetero) is 1. The molecular weight excluding hydrogens is 226 g/mol. The molecule has 1 rings (SSSR count). The second kappa shape index (κ2) is 6.34. The average molecular weight is 247 g/mol. The SMILES string of the molecule is CCC(=O)c1cccc(C)c1C(=O)N(CC)CC. The van der Waals surface area contributed by atoms with Gasteiger partial charge in [-0.3, -0.25) is 9.59 Å². The van der Waals surface area contributed by atoms with Gasteiger partial charge in [-0.15, -0.1) is 0 Å². The molecule has 0 aliphatic carbocycles. The van der Waals surface area contributed by atoms with Gasteiger partial charge in [-0.25, -0.2) is 0 Å². The zero-order valence-corrected chi connectivity index (χ0v) is 11.6. The van der Waals surface area contributed by atoms with Crippen molar-refractivity contribution in [1.29, 1.82) is 0 Å². The number of ketones is 1. The molecule has 0 unspecified atom stereocenters. The molecule has 1 aromatic carbocycles. The van der Waals surface area contributed by atoms with E-state index in [1.807, 2.05) is 39.8 Å². The molecule has 1 amide bonds. The van der Waals surface area contributed by atoms with Gasteiger partial charge in [0.15, 0.2) is 5.78 Å². The third-order valence-corrected chi connectivity index (χ3v) is 3.16. The number of hydrogen-bond acceptors (Lipinski definition) is 2. The highest BCUT2D eigenvalue weighted by atomic mass is 16.2. The molecular formula is C15H21NO2. The van der Waals surface area contributed by atoms with Gasteiger partial charge >= 0.3 is 0 Å². The monoisotopic (exact) mass is 247 g/mol. The molecule has 18 heavy (non-hydrogen) atoms. The maximum absolute atomic E-state index is 12.4. The Balaban J connectivity index is 3.29. The molecule has 1 aromatic rings. The molecule has 0 saturated carbocycles. The van der Waals surface area contributed by atoms with E-state index in [2.05, 4.69) is 0 Å². The fourth-order valence-electron chi connectivity index (χ4n) is 2.04. The predicted octanol–water partition coefficient (Wildman–Crippen LogP) is 3.07. The Kier molecular flexibility index (Phi) is 5.08. The minimum Gasteiger partial charge on any atom is -0.339 e. The quantitative estimate of drug-likeness (QED) is 0.750. The van der Waals surface area contributed by atoms with Crippen molar-refractivity contribution in [1.82, 2.24) is 4.90 Å². The van der Waals surface area contributed by atoms with Crippen molar-refractivity contribution in [3.63, 3.8) is 0 Å². The summed E-state index contributed by atoms with van der Waals surface area (Å²) in [6.07, 6.45) is 0.419. The largest absolute Gasteiger partial charge is 0.339 e. The van der Waals surface area contributed by atoms with Crippen LogP contribution in [0.4, 0.5) is 0 Å². The summed E-state index contributed by atoms with van der Waals surface area (Å²) < 4.78 is 0. The Labute approximate surface area is 109 Å². The second-order valence-electron chi connectivity index (χ2n) is 4.25. The third-order valence-electron chi connectivity index (χ3n) is 3.16. The molecule has 3 nitrogen and oxygen atoms in total. The van der Waals surface area contributed by atoms with Gasteiger partial charge in [-0.1, -0.05) is 25.1 Å². The zero-order chi connectivity index (χ0) is 13.7. The van der Waals surface area contributed by atoms with Crippen LogP contribution in [0.3, 0.4) is 0 Å². The number of nitrogens with zero attached hydrogens (tertiary/aromatic N) is 1. The number of carbonyl (C=O) groups is 2. The number of carbonyl (C=O) groups excluding carboxylic acids is 2. The first-order valence-electron chi connectivity index (χ1n) is 6.48. The summed E-state index contributed by atoms with van der Waals surface area (Å²) in [5, 5.41) is 0. The van der Waals surface area contributed by atoms with Crippen LogP contribution in [0.2, 0.25) is 0 Å². The van der Waals surface area contributed by atoms with E-state index in [-0.39, 0.29) is 11.7 Å². The molecule has 0 bridgehead atoms. The third kappa shape index (κ3) is 2.78.